The van der Waals surface area contributed by atoms with E-state index in [1.54, 1.807) is 12.1 Å². The molecule has 0 spiro atoms. The van der Waals surface area contributed by atoms with Crippen LogP contribution in [0.1, 0.15) is 68.2 Å². The van der Waals surface area contributed by atoms with E-state index in [1.807, 2.05) is 6.07 Å². The van der Waals surface area contributed by atoms with Gasteiger partial charge in [0.2, 0.25) is 11.8 Å². The molecule has 2 saturated heterocycles. The highest BCUT2D eigenvalue weighted by atomic mass is 16.2. The Kier molecular flexibility index (Phi) is 5.16. The number of imide groups is 2. The van der Waals surface area contributed by atoms with Gasteiger partial charge in [0.15, 0.2) is 0 Å². The molecule has 3 heterocycles. The largest absolute Gasteiger partial charge is 0.364 e. The van der Waals surface area contributed by atoms with Gasteiger partial charge in [-0.2, -0.15) is 0 Å². The number of hydrogen-bond donors (Lipinski definition) is 1. The van der Waals surface area contributed by atoms with E-state index < -0.39 is 23.8 Å². The second kappa shape index (κ2) is 7.44. The van der Waals surface area contributed by atoms with Crippen LogP contribution in [-0.2, 0) is 9.59 Å². The fourth-order valence-corrected chi connectivity index (χ4v) is 5.00. The Morgan fingerprint density at radius 3 is 2.13 bits per heavy atom. The number of amides is 4. The predicted molar refractivity (Wildman–Crippen MR) is 116 cm³/mol. The van der Waals surface area contributed by atoms with Gasteiger partial charge in [-0.15, -0.1) is 0 Å². The first-order chi connectivity index (χ1) is 14.5. The van der Waals surface area contributed by atoms with Crippen molar-refractivity contribution in [2.45, 2.75) is 71.1 Å². The number of fused-ring (bicyclic) bond motifs is 1. The van der Waals surface area contributed by atoms with Crippen LogP contribution in [0.4, 0.5) is 5.69 Å². The van der Waals surface area contributed by atoms with Gasteiger partial charge in [-0.05, 0) is 59.2 Å². The molecule has 3 atom stereocenters. The third kappa shape index (κ3) is 3.63. The number of nitrogens with one attached hydrogen (secondary N) is 1. The average molecular weight is 427 g/mol. The third-order valence-electron chi connectivity index (χ3n) is 6.59. The monoisotopic (exact) mass is 426 g/mol. The van der Waals surface area contributed by atoms with E-state index in [4.69, 9.17) is 0 Å². The fourth-order valence-electron chi connectivity index (χ4n) is 5.00. The van der Waals surface area contributed by atoms with E-state index in [9.17, 15) is 19.2 Å². The number of carbonyl (C=O) groups is 4. The minimum atomic E-state index is -0.943. The minimum Gasteiger partial charge on any atom is -0.364 e. The Morgan fingerprint density at radius 2 is 1.55 bits per heavy atom. The molecule has 2 unspecified atom stereocenters. The van der Waals surface area contributed by atoms with Crippen molar-refractivity contribution in [3.05, 3.63) is 29.3 Å². The second-order valence-corrected chi connectivity index (χ2v) is 9.86. The molecule has 3 aliphatic heterocycles. The Balaban J connectivity index is 1.60. The normalized spacial score (nSPS) is 27.6. The summed E-state index contributed by atoms with van der Waals surface area (Å²) in [6.07, 6.45) is 0.272. The lowest BCUT2D eigenvalue weighted by Crippen LogP contribution is -2.61. The van der Waals surface area contributed by atoms with Crippen LogP contribution < -0.4 is 10.2 Å². The molecule has 1 aromatic carbocycles. The Labute approximate surface area is 182 Å². The quantitative estimate of drug-likeness (QED) is 0.725. The molecule has 1 aromatic rings. The Morgan fingerprint density at radius 1 is 0.935 bits per heavy atom. The van der Waals surface area contributed by atoms with Gasteiger partial charge in [0, 0.05) is 42.8 Å². The highest BCUT2D eigenvalue weighted by Gasteiger charge is 2.45. The average Bonchev–Trinajstić information content (AvgIpc) is 2.91. The molecule has 0 bridgehead atoms. The maximum absolute atomic E-state index is 13.1. The molecule has 8 nitrogen and oxygen atoms in total. The zero-order valence-corrected chi connectivity index (χ0v) is 18.8. The van der Waals surface area contributed by atoms with E-state index in [0.29, 0.717) is 11.1 Å². The van der Waals surface area contributed by atoms with Gasteiger partial charge in [-0.25, -0.2) is 0 Å². The number of carbonyl (C=O) groups excluding carboxylic acids is 4. The number of anilines is 1. The van der Waals surface area contributed by atoms with Crippen LogP contribution in [0, 0.1) is 0 Å². The molecule has 2 fully saturated rings. The highest BCUT2D eigenvalue weighted by Crippen LogP contribution is 2.33. The highest BCUT2D eigenvalue weighted by molar-refractivity contribution is 6.23. The molecule has 4 rings (SSSR count). The van der Waals surface area contributed by atoms with Crippen LogP contribution >= 0.6 is 0 Å². The van der Waals surface area contributed by atoms with Crippen molar-refractivity contribution in [1.29, 1.82) is 0 Å². The summed E-state index contributed by atoms with van der Waals surface area (Å²) < 4.78 is 0. The summed E-state index contributed by atoms with van der Waals surface area (Å²) in [7, 11) is 0. The van der Waals surface area contributed by atoms with Gasteiger partial charge in [0.1, 0.15) is 6.04 Å². The van der Waals surface area contributed by atoms with Crippen molar-refractivity contribution in [2.75, 3.05) is 18.0 Å². The van der Waals surface area contributed by atoms with Crippen molar-refractivity contribution in [3.63, 3.8) is 0 Å². The van der Waals surface area contributed by atoms with Crippen LogP contribution in [-0.4, -0.2) is 70.2 Å². The molecular formula is C23H30N4O4. The Hall–Kier alpha value is -2.74. The fraction of sp³-hybridized carbons (Fsp3) is 0.565. The van der Waals surface area contributed by atoms with Crippen LogP contribution in [0.15, 0.2) is 18.2 Å². The summed E-state index contributed by atoms with van der Waals surface area (Å²) in [5.41, 5.74) is 1.62. The van der Waals surface area contributed by atoms with Crippen molar-refractivity contribution in [3.8, 4) is 0 Å². The molecule has 166 valence electrons. The number of nitrogens with zero attached hydrogens (tertiary/aromatic N) is 3. The van der Waals surface area contributed by atoms with Crippen molar-refractivity contribution in [2.24, 2.45) is 0 Å². The van der Waals surface area contributed by atoms with E-state index in [-0.39, 0.29) is 36.4 Å². The van der Waals surface area contributed by atoms with Crippen LogP contribution in [0.25, 0.3) is 0 Å². The van der Waals surface area contributed by atoms with Crippen LogP contribution in [0.3, 0.4) is 0 Å². The summed E-state index contributed by atoms with van der Waals surface area (Å²) in [4.78, 5) is 55.5. The number of rotatable bonds is 2. The number of piperidine rings is 1. The SMILES string of the molecule is CC1CN(C(C)(C)C)CC(C)N1c1ccc2c(c1)C(=O)N([C@H]1CCC(=O)NC1=O)C2=O. The zero-order chi connectivity index (χ0) is 22.7. The number of benzene rings is 1. The molecule has 4 amide bonds. The first-order valence-corrected chi connectivity index (χ1v) is 10.9. The molecule has 3 aliphatic rings. The standard InChI is InChI=1S/C23H30N4O4/c1-13-11-25(23(3,4)5)12-14(2)26(13)15-6-7-16-17(10-15)22(31)27(21(16)30)18-8-9-19(28)24-20(18)29/h6-7,10,13-14,18H,8-9,11-12H2,1-5H3,(H,24,28,29)/t13?,14?,18-/m0/s1. The minimum absolute atomic E-state index is 0.0807. The maximum atomic E-state index is 13.1. The molecule has 8 heteroatoms. The van der Waals surface area contributed by atoms with Crippen molar-refractivity contribution < 1.29 is 19.2 Å². The topological polar surface area (TPSA) is 90.0 Å². The first kappa shape index (κ1) is 21.5. The molecule has 0 saturated carbocycles. The van der Waals surface area contributed by atoms with E-state index >= 15 is 0 Å². The third-order valence-corrected chi connectivity index (χ3v) is 6.59. The maximum Gasteiger partial charge on any atom is 0.262 e. The summed E-state index contributed by atoms with van der Waals surface area (Å²) in [5, 5.41) is 2.23. The summed E-state index contributed by atoms with van der Waals surface area (Å²) in [6.45, 7) is 12.8. The molecule has 0 aromatic heterocycles. The van der Waals surface area contributed by atoms with Gasteiger partial charge in [-0.1, -0.05) is 0 Å². The first-order valence-electron chi connectivity index (χ1n) is 10.9. The zero-order valence-electron chi connectivity index (χ0n) is 18.8. The number of piperazine rings is 1. The summed E-state index contributed by atoms with van der Waals surface area (Å²) >= 11 is 0. The molecular weight excluding hydrogens is 396 g/mol. The van der Waals surface area contributed by atoms with Gasteiger partial charge < -0.3 is 4.90 Å². The second-order valence-electron chi connectivity index (χ2n) is 9.86. The smallest absolute Gasteiger partial charge is 0.262 e. The lowest BCUT2D eigenvalue weighted by molar-refractivity contribution is -0.136. The molecule has 1 N–H and O–H groups in total. The van der Waals surface area contributed by atoms with E-state index in [2.05, 4.69) is 49.7 Å². The lowest BCUT2D eigenvalue weighted by atomic mass is 9.98. The summed E-state index contributed by atoms with van der Waals surface area (Å²) in [5.74, 6) is -1.91. The van der Waals surface area contributed by atoms with Crippen molar-refractivity contribution >= 4 is 29.3 Å². The van der Waals surface area contributed by atoms with Crippen molar-refractivity contribution in [1.82, 2.24) is 15.1 Å². The molecule has 31 heavy (non-hydrogen) atoms. The predicted octanol–water partition coefficient (Wildman–Crippen LogP) is 1.79. The van der Waals surface area contributed by atoms with Crippen LogP contribution in [0.5, 0.6) is 0 Å². The van der Waals surface area contributed by atoms with Gasteiger partial charge in [0.25, 0.3) is 11.8 Å². The van der Waals surface area contributed by atoms with Gasteiger partial charge in [0.05, 0.1) is 11.1 Å². The lowest BCUT2D eigenvalue weighted by Gasteiger charge is -2.50. The van der Waals surface area contributed by atoms with Gasteiger partial charge >= 0.3 is 0 Å². The van der Waals surface area contributed by atoms with Crippen LogP contribution in [0.2, 0.25) is 0 Å². The molecule has 0 aliphatic carbocycles. The van der Waals surface area contributed by atoms with E-state index in [0.717, 1.165) is 23.7 Å². The molecule has 0 radical (unpaired) electrons. The van der Waals surface area contributed by atoms with E-state index in [1.165, 1.54) is 0 Å². The van der Waals surface area contributed by atoms with Gasteiger partial charge in [-0.3, -0.25) is 34.3 Å². The Bertz CT molecular complexity index is 955. The number of hydrogen-bond acceptors (Lipinski definition) is 6. The summed E-state index contributed by atoms with van der Waals surface area (Å²) in [6, 6.07) is 4.88.